The Kier molecular flexibility index (Phi) is 7.78. The smallest absolute Gasteiger partial charge is 0.231 e. The van der Waals surface area contributed by atoms with Gasteiger partial charge in [-0.2, -0.15) is 0 Å². The summed E-state index contributed by atoms with van der Waals surface area (Å²) in [4.78, 5) is 20.0. The number of likely N-dealkylation sites (N-methyl/N-ethyl adjacent to an activating group) is 1. The Morgan fingerprint density at radius 2 is 1.96 bits per heavy atom. The molecule has 0 aromatic heterocycles. The van der Waals surface area contributed by atoms with Crippen molar-refractivity contribution in [3.8, 4) is 0 Å². The van der Waals surface area contributed by atoms with Gasteiger partial charge in [0.25, 0.3) is 0 Å². The Labute approximate surface area is 146 Å². The molecule has 2 saturated heterocycles. The van der Waals surface area contributed by atoms with Gasteiger partial charge < -0.3 is 16.4 Å². The molecular weight excluding hydrogens is 304 g/mol. The van der Waals surface area contributed by atoms with Crippen molar-refractivity contribution in [1.82, 2.24) is 20.4 Å². The third kappa shape index (κ3) is 5.94. The summed E-state index contributed by atoms with van der Waals surface area (Å²) in [5.74, 6) is 0.650. The van der Waals surface area contributed by atoms with Gasteiger partial charge in [-0.25, -0.2) is 0 Å². The minimum atomic E-state index is -0.244. The van der Waals surface area contributed by atoms with Crippen LogP contribution in [0, 0.1) is 0 Å². The average Bonchev–Trinajstić information content (AvgIpc) is 2.59. The van der Waals surface area contributed by atoms with Crippen LogP contribution in [-0.2, 0) is 4.79 Å². The topological polar surface area (TPSA) is 86.0 Å². The molecule has 2 fully saturated rings. The van der Waals surface area contributed by atoms with E-state index in [1.54, 1.807) is 0 Å². The number of carbonyl (C=O) groups excluding carboxylic acids is 1. The summed E-state index contributed by atoms with van der Waals surface area (Å²) in [6.45, 7) is 7.71. The third-order valence-electron chi connectivity index (χ3n) is 5.19. The Bertz CT molecular complexity index is 419. The quantitative estimate of drug-likeness (QED) is 0.468. The Morgan fingerprint density at radius 1 is 1.21 bits per heavy atom. The van der Waals surface area contributed by atoms with Crippen LogP contribution in [0.4, 0.5) is 0 Å². The number of piperidine rings is 2. The van der Waals surface area contributed by atoms with Gasteiger partial charge in [0.1, 0.15) is 0 Å². The fourth-order valence-electron chi connectivity index (χ4n) is 3.77. The number of rotatable bonds is 6. The summed E-state index contributed by atoms with van der Waals surface area (Å²) in [5, 5.41) is 7.03. The molecule has 0 aliphatic carbocycles. The van der Waals surface area contributed by atoms with Crippen molar-refractivity contribution in [2.45, 2.75) is 51.1 Å². The Morgan fingerprint density at radius 3 is 2.58 bits per heavy atom. The fraction of sp³-hybridized carbons (Fsp3) is 0.882. The first-order valence-corrected chi connectivity index (χ1v) is 9.34. The van der Waals surface area contributed by atoms with Crippen LogP contribution >= 0.6 is 0 Å². The number of likely N-dealkylation sites (tertiary alicyclic amines) is 2. The molecule has 2 heterocycles. The average molecular weight is 339 g/mol. The number of nitrogens with two attached hydrogens (primary N) is 1. The molecule has 7 nitrogen and oxygen atoms in total. The van der Waals surface area contributed by atoms with Gasteiger partial charge >= 0.3 is 0 Å². The van der Waals surface area contributed by atoms with Crippen LogP contribution in [0.3, 0.4) is 0 Å². The van der Waals surface area contributed by atoms with E-state index in [0.29, 0.717) is 18.6 Å². The van der Waals surface area contributed by atoms with Crippen LogP contribution < -0.4 is 16.4 Å². The second kappa shape index (κ2) is 9.84. The molecule has 2 rings (SSSR count). The first kappa shape index (κ1) is 19.0. The monoisotopic (exact) mass is 338 g/mol. The lowest BCUT2D eigenvalue weighted by Crippen LogP contribution is -2.52. The zero-order chi connectivity index (χ0) is 17.4. The molecule has 0 radical (unpaired) electrons. The number of guanidine groups is 1. The molecule has 0 saturated carbocycles. The van der Waals surface area contributed by atoms with Gasteiger partial charge in [-0.05, 0) is 38.8 Å². The fourth-order valence-corrected chi connectivity index (χ4v) is 3.77. The van der Waals surface area contributed by atoms with Gasteiger partial charge in [0.15, 0.2) is 5.96 Å². The van der Waals surface area contributed by atoms with Crippen LogP contribution in [0.1, 0.15) is 39.0 Å². The minimum absolute atomic E-state index is 0.244. The normalized spacial score (nSPS) is 24.8. The van der Waals surface area contributed by atoms with E-state index in [-0.39, 0.29) is 5.91 Å². The summed E-state index contributed by atoms with van der Waals surface area (Å²) in [6.07, 6.45) is 5.94. The van der Waals surface area contributed by atoms with Gasteiger partial charge in [0.2, 0.25) is 5.91 Å². The first-order chi connectivity index (χ1) is 11.6. The zero-order valence-corrected chi connectivity index (χ0v) is 15.3. The van der Waals surface area contributed by atoms with Crippen molar-refractivity contribution in [2.24, 2.45) is 10.7 Å². The van der Waals surface area contributed by atoms with E-state index in [1.165, 1.54) is 25.8 Å². The van der Waals surface area contributed by atoms with E-state index in [2.05, 4.69) is 32.3 Å². The molecule has 2 aliphatic rings. The number of nitrogens with one attached hydrogen (secondary N) is 2. The van der Waals surface area contributed by atoms with Crippen molar-refractivity contribution in [2.75, 3.05) is 46.3 Å². The molecule has 1 unspecified atom stereocenters. The number of aliphatic imine (C=N–C) groups is 1. The summed E-state index contributed by atoms with van der Waals surface area (Å²) in [7, 11) is 1.83. The summed E-state index contributed by atoms with van der Waals surface area (Å²) >= 11 is 0. The van der Waals surface area contributed by atoms with Gasteiger partial charge in [0, 0.05) is 38.8 Å². The highest BCUT2D eigenvalue weighted by Gasteiger charge is 2.23. The predicted octanol–water partition coefficient (Wildman–Crippen LogP) is -0.0245. The van der Waals surface area contributed by atoms with Crippen molar-refractivity contribution < 1.29 is 4.79 Å². The van der Waals surface area contributed by atoms with Crippen LogP contribution in [0.25, 0.3) is 0 Å². The van der Waals surface area contributed by atoms with Gasteiger partial charge in [-0.1, -0.05) is 13.3 Å². The highest BCUT2D eigenvalue weighted by molar-refractivity contribution is 5.80. The Balaban J connectivity index is 1.72. The second-order valence-electron chi connectivity index (χ2n) is 6.89. The minimum Gasteiger partial charge on any atom is -0.369 e. The van der Waals surface area contributed by atoms with Crippen LogP contribution in [-0.4, -0.2) is 80.1 Å². The van der Waals surface area contributed by atoms with E-state index in [1.807, 2.05) is 7.05 Å². The molecule has 7 heteroatoms. The molecule has 4 N–H and O–H groups in total. The molecule has 0 aromatic carbocycles. The predicted molar refractivity (Wildman–Crippen MR) is 98.0 cm³/mol. The maximum Gasteiger partial charge on any atom is 0.231 e. The molecule has 2 aliphatic heterocycles. The molecule has 0 bridgehead atoms. The molecule has 1 atom stereocenters. The van der Waals surface area contributed by atoms with Gasteiger partial charge in [0.05, 0.1) is 6.54 Å². The number of hydrogen-bond donors (Lipinski definition) is 3. The molecule has 0 spiro atoms. The van der Waals surface area contributed by atoms with Gasteiger partial charge in [-0.3, -0.25) is 19.6 Å². The maximum atomic E-state index is 11.0. The largest absolute Gasteiger partial charge is 0.369 e. The second-order valence-corrected chi connectivity index (χ2v) is 6.89. The number of primary amides is 1. The SMILES string of the molecule is CCN1CCCCC1CNC(=NC)NC1CCN(CC(N)=O)CC1. The van der Waals surface area contributed by atoms with E-state index in [0.717, 1.165) is 45.0 Å². The molecule has 0 aromatic rings. The molecule has 24 heavy (non-hydrogen) atoms. The van der Waals surface area contributed by atoms with Crippen LogP contribution in [0.5, 0.6) is 0 Å². The number of amides is 1. The third-order valence-corrected chi connectivity index (χ3v) is 5.19. The van der Waals surface area contributed by atoms with Crippen LogP contribution in [0.2, 0.25) is 0 Å². The lowest BCUT2D eigenvalue weighted by Gasteiger charge is -2.36. The van der Waals surface area contributed by atoms with Crippen molar-refractivity contribution in [1.29, 1.82) is 0 Å². The lowest BCUT2D eigenvalue weighted by atomic mass is 10.0. The molecular formula is C17H34N6O. The Hall–Kier alpha value is -1.34. The summed E-state index contributed by atoms with van der Waals surface area (Å²) in [5.41, 5.74) is 5.26. The molecule has 1 amide bonds. The first-order valence-electron chi connectivity index (χ1n) is 9.34. The zero-order valence-electron chi connectivity index (χ0n) is 15.3. The van der Waals surface area contributed by atoms with E-state index in [4.69, 9.17) is 5.73 Å². The summed E-state index contributed by atoms with van der Waals surface area (Å²) in [6, 6.07) is 1.02. The van der Waals surface area contributed by atoms with Crippen LogP contribution in [0.15, 0.2) is 4.99 Å². The number of hydrogen-bond acceptors (Lipinski definition) is 4. The highest BCUT2D eigenvalue weighted by Crippen LogP contribution is 2.15. The number of nitrogens with zero attached hydrogens (tertiary/aromatic N) is 3. The van der Waals surface area contributed by atoms with E-state index < -0.39 is 0 Å². The van der Waals surface area contributed by atoms with Gasteiger partial charge in [-0.15, -0.1) is 0 Å². The van der Waals surface area contributed by atoms with Crippen molar-refractivity contribution >= 4 is 11.9 Å². The highest BCUT2D eigenvalue weighted by atomic mass is 16.1. The van der Waals surface area contributed by atoms with Crippen molar-refractivity contribution in [3.05, 3.63) is 0 Å². The lowest BCUT2D eigenvalue weighted by molar-refractivity contribution is -0.119. The standard InChI is InChI=1S/C17H34N6O/c1-3-23-9-5-4-6-15(23)12-20-17(19-2)21-14-7-10-22(11-8-14)13-16(18)24/h14-15H,3-13H2,1-2H3,(H2,18,24)(H2,19,20,21). The van der Waals surface area contributed by atoms with E-state index >= 15 is 0 Å². The molecule has 138 valence electrons. The summed E-state index contributed by atoms with van der Waals surface area (Å²) < 4.78 is 0. The number of carbonyl (C=O) groups is 1. The van der Waals surface area contributed by atoms with E-state index in [9.17, 15) is 4.79 Å². The van der Waals surface area contributed by atoms with Crippen molar-refractivity contribution in [3.63, 3.8) is 0 Å². The maximum absolute atomic E-state index is 11.0.